The summed E-state index contributed by atoms with van der Waals surface area (Å²) >= 11 is 0. The van der Waals surface area contributed by atoms with Crippen LogP contribution in [0.4, 0.5) is 5.69 Å². The standard InChI is InChI=1S/C24H20N2O2.ClH/c1-16-14-18(28-2)12-13-21(16)26-24(27)20-15-23(17-8-4-3-5-9-17)25-22-11-7-6-10-19(20)22;/h3-15H,1-2H3,(H,26,27);1H. The Bertz CT molecular complexity index is 1160. The number of nitrogens with one attached hydrogen (secondary N) is 1. The highest BCUT2D eigenvalue weighted by atomic mass is 35.5. The number of pyridine rings is 1. The molecule has 0 aliphatic rings. The molecule has 0 bridgehead atoms. The van der Waals surface area contributed by atoms with Crippen molar-refractivity contribution in [3.63, 3.8) is 0 Å². The maximum Gasteiger partial charge on any atom is 0.256 e. The molecule has 0 atom stereocenters. The number of aryl methyl sites for hydroxylation is 1. The Kier molecular flexibility index (Phi) is 6.15. The lowest BCUT2D eigenvalue weighted by molar-refractivity contribution is 0.102. The number of aromatic nitrogens is 1. The normalized spacial score (nSPS) is 10.3. The van der Waals surface area contributed by atoms with E-state index in [1.807, 2.05) is 85.8 Å². The molecule has 146 valence electrons. The van der Waals surface area contributed by atoms with Crippen molar-refractivity contribution < 1.29 is 9.53 Å². The molecule has 29 heavy (non-hydrogen) atoms. The molecule has 0 unspecified atom stereocenters. The highest BCUT2D eigenvalue weighted by molar-refractivity contribution is 6.13. The summed E-state index contributed by atoms with van der Waals surface area (Å²) < 4.78 is 5.24. The van der Waals surface area contributed by atoms with Crippen LogP contribution >= 0.6 is 12.4 Å². The highest BCUT2D eigenvalue weighted by Gasteiger charge is 2.15. The average Bonchev–Trinajstić information content (AvgIpc) is 2.74. The van der Waals surface area contributed by atoms with Crippen LogP contribution in [0.15, 0.2) is 78.9 Å². The SMILES string of the molecule is COc1ccc(NC(=O)c2cc(-c3ccccc3)nc3ccccc23)c(C)c1.Cl. The lowest BCUT2D eigenvalue weighted by Crippen LogP contribution is -2.14. The molecule has 1 aromatic heterocycles. The van der Waals surface area contributed by atoms with Crippen molar-refractivity contribution in [1.82, 2.24) is 4.98 Å². The van der Waals surface area contributed by atoms with Gasteiger partial charge in [0.15, 0.2) is 0 Å². The van der Waals surface area contributed by atoms with Crippen molar-refractivity contribution in [2.45, 2.75) is 6.92 Å². The molecule has 0 radical (unpaired) electrons. The monoisotopic (exact) mass is 404 g/mol. The van der Waals surface area contributed by atoms with E-state index in [9.17, 15) is 4.79 Å². The van der Waals surface area contributed by atoms with Crippen molar-refractivity contribution >= 4 is 34.9 Å². The molecule has 0 saturated carbocycles. The third kappa shape index (κ3) is 4.23. The van der Waals surface area contributed by atoms with E-state index in [-0.39, 0.29) is 18.3 Å². The van der Waals surface area contributed by atoms with Crippen LogP contribution in [0.5, 0.6) is 5.75 Å². The minimum absolute atomic E-state index is 0. The summed E-state index contributed by atoms with van der Waals surface area (Å²) in [6.07, 6.45) is 0. The molecule has 1 heterocycles. The molecular formula is C24H21ClN2O2. The Hall–Kier alpha value is -3.37. The lowest BCUT2D eigenvalue weighted by Gasteiger charge is -2.13. The molecule has 1 N–H and O–H groups in total. The number of para-hydroxylation sites is 1. The molecular weight excluding hydrogens is 384 g/mol. The second kappa shape index (κ2) is 8.76. The predicted octanol–water partition coefficient (Wildman–Crippen LogP) is 5.89. The summed E-state index contributed by atoms with van der Waals surface area (Å²) in [7, 11) is 1.63. The summed E-state index contributed by atoms with van der Waals surface area (Å²) in [5.41, 5.74) is 4.83. The smallest absolute Gasteiger partial charge is 0.256 e. The number of amides is 1. The van der Waals surface area contributed by atoms with Gasteiger partial charge in [-0.15, -0.1) is 12.4 Å². The fourth-order valence-electron chi connectivity index (χ4n) is 3.21. The van der Waals surface area contributed by atoms with Crippen molar-refractivity contribution in [3.05, 3.63) is 90.0 Å². The largest absolute Gasteiger partial charge is 0.497 e. The lowest BCUT2D eigenvalue weighted by atomic mass is 10.0. The zero-order chi connectivity index (χ0) is 19.5. The maximum absolute atomic E-state index is 13.1. The van der Waals surface area contributed by atoms with Gasteiger partial charge < -0.3 is 10.1 Å². The summed E-state index contributed by atoms with van der Waals surface area (Å²) in [5, 5.41) is 3.85. The van der Waals surface area contributed by atoms with E-state index in [2.05, 4.69) is 5.32 Å². The van der Waals surface area contributed by atoms with E-state index in [4.69, 9.17) is 9.72 Å². The van der Waals surface area contributed by atoms with Crippen molar-refractivity contribution in [1.29, 1.82) is 0 Å². The fraction of sp³-hybridized carbons (Fsp3) is 0.0833. The summed E-state index contributed by atoms with van der Waals surface area (Å²) in [4.78, 5) is 17.9. The molecule has 0 aliphatic heterocycles. The number of anilines is 1. The van der Waals surface area contributed by atoms with Crippen LogP contribution in [0.3, 0.4) is 0 Å². The Labute approximate surface area is 176 Å². The third-order valence-corrected chi connectivity index (χ3v) is 4.71. The first-order valence-corrected chi connectivity index (χ1v) is 9.07. The van der Waals surface area contributed by atoms with Crippen molar-refractivity contribution in [2.75, 3.05) is 12.4 Å². The van der Waals surface area contributed by atoms with Gasteiger partial charge in [-0.25, -0.2) is 4.98 Å². The third-order valence-electron chi connectivity index (χ3n) is 4.71. The Morgan fingerprint density at radius 3 is 2.38 bits per heavy atom. The number of hydrogen-bond acceptors (Lipinski definition) is 3. The number of hydrogen-bond donors (Lipinski definition) is 1. The molecule has 0 spiro atoms. The minimum atomic E-state index is -0.163. The number of rotatable bonds is 4. The second-order valence-electron chi connectivity index (χ2n) is 6.57. The number of carbonyl (C=O) groups is 1. The van der Waals surface area contributed by atoms with Crippen LogP contribution in [-0.4, -0.2) is 18.0 Å². The van der Waals surface area contributed by atoms with E-state index < -0.39 is 0 Å². The Morgan fingerprint density at radius 2 is 1.66 bits per heavy atom. The Morgan fingerprint density at radius 1 is 0.931 bits per heavy atom. The van der Waals surface area contributed by atoms with E-state index in [0.717, 1.165) is 39.2 Å². The maximum atomic E-state index is 13.1. The molecule has 5 heteroatoms. The highest BCUT2D eigenvalue weighted by Crippen LogP contribution is 2.27. The molecule has 4 aromatic rings. The first-order chi connectivity index (χ1) is 13.7. The van der Waals surface area contributed by atoms with Crippen LogP contribution in [0.2, 0.25) is 0 Å². The molecule has 4 rings (SSSR count). The van der Waals surface area contributed by atoms with Gasteiger partial charge in [-0.3, -0.25) is 4.79 Å². The second-order valence-corrected chi connectivity index (χ2v) is 6.57. The first kappa shape index (κ1) is 20.4. The topological polar surface area (TPSA) is 51.2 Å². The zero-order valence-corrected chi connectivity index (χ0v) is 17.0. The van der Waals surface area contributed by atoms with Crippen LogP contribution in [-0.2, 0) is 0 Å². The Balaban J connectivity index is 0.00000240. The summed E-state index contributed by atoms with van der Waals surface area (Å²) in [6.45, 7) is 1.94. The number of benzene rings is 3. The van der Waals surface area contributed by atoms with Gasteiger partial charge in [0, 0.05) is 16.6 Å². The molecule has 0 fully saturated rings. The summed E-state index contributed by atoms with van der Waals surface area (Å²) in [6, 6.07) is 25.0. The van der Waals surface area contributed by atoms with Gasteiger partial charge >= 0.3 is 0 Å². The van der Waals surface area contributed by atoms with Crippen LogP contribution < -0.4 is 10.1 Å². The molecule has 0 aliphatic carbocycles. The van der Waals surface area contributed by atoms with E-state index >= 15 is 0 Å². The molecule has 3 aromatic carbocycles. The molecule has 4 nitrogen and oxygen atoms in total. The van der Waals surface area contributed by atoms with Crippen LogP contribution in [0.25, 0.3) is 22.2 Å². The average molecular weight is 405 g/mol. The van der Waals surface area contributed by atoms with Gasteiger partial charge in [-0.2, -0.15) is 0 Å². The van der Waals surface area contributed by atoms with Gasteiger partial charge in [0.05, 0.1) is 23.9 Å². The number of ether oxygens (including phenoxy) is 1. The van der Waals surface area contributed by atoms with Crippen molar-refractivity contribution in [3.8, 4) is 17.0 Å². The molecule has 1 amide bonds. The van der Waals surface area contributed by atoms with Gasteiger partial charge in [0.1, 0.15) is 5.75 Å². The van der Waals surface area contributed by atoms with E-state index in [0.29, 0.717) is 5.56 Å². The zero-order valence-electron chi connectivity index (χ0n) is 16.2. The van der Waals surface area contributed by atoms with Gasteiger partial charge in [-0.1, -0.05) is 48.5 Å². The molecule has 0 saturated heterocycles. The minimum Gasteiger partial charge on any atom is -0.497 e. The van der Waals surface area contributed by atoms with E-state index in [1.54, 1.807) is 7.11 Å². The van der Waals surface area contributed by atoms with Gasteiger partial charge in [0.2, 0.25) is 0 Å². The fourth-order valence-corrected chi connectivity index (χ4v) is 3.21. The number of fused-ring (bicyclic) bond motifs is 1. The van der Waals surface area contributed by atoms with Crippen LogP contribution in [0.1, 0.15) is 15.9 Å². The van der Waals surface area contributed by atoms with Crippen LogP contribution in [0, 0.1) is 6.92 Å². The van der Waals surface area contributed by atoms with Crippen molar-refractivity contribution in [2.24, 2.45) is 0 Å². The van der Waals surface area contributed by atoms with E-state index in [1.165, 1.54) is 0 Å². The van der Waals surface area contributed by atoms with Gasteiger partial charge in [0.25, 0.3) is 5.91 Å². The predicted molar refractivity (Wildman–Crippen MR) is 120 cm³/mol. The van der Waals surface area contributed by atoms with Gasteiger partial charge in [-0.05, 0) is 42.8 Å². The number of methoxy groups -OCH3 is 1. The first-order valence-electron chi connectivity index (χ1n) is 9.07. The summed E-state index contributed by atoms with van der Waals surface area (Å²) in [5.74, 6) is 0.597. The number of halogens is 1. The number of nitrogens with zero attached hydrogens (tertiary/aromatic N) is 1. The number of carbonyl (C=O) groups excluding carboxylic acids is 1. The quantitative estimate of drug-likeness (QED) is 0.461.